The zero-order chi connectivity index (χ0) is 19.1. The number of rotatable bonds is 2. The number of nitrogens with zero attached hydrogens (tertiary/aromatic N) is 5. The summed E-state index contributed by atoms with van der Waals surface area (Å²) in [4.78, 5) is 14.1. The molecule has 2 atom stereocenters. The number of anilines is 2. The quantitative estimate of drug-likeness (QED) is 0.810. The van der Waals surface area contributed by atoms with Gasteiger partial charge in [0.25, 0.3) is 5.56 Å². The van der Waals surface area contributed by atoms with E-state index < -0.39 is 0 Å². The van der Waals surface area contributed by atoms with Crippen LogP contribution in [0.3, 0.4) is 0 Å². The zero-order valence-corrected chi connectivity index (χ0v) is 14.4. The zero-order valence-electron chi connectivity index (χ0n) is 14.4. The molecule has 2 aliphatic heterocycles. The number of hydrogen-bond donors (Lipinski definition) is 1. The first-order valence-electron chi connectivity index (χ1n) is 8.61. The number of fused-ring (bicyclic) bond motifs is 4. The van der Waals surface area contributed by atoms with Crippen LogP contribution in [0.25, 0.3) is 0 Å². The Kier molecular flexibility index (Phi) is 4.08. The molecule has 2 unspecified atom stereocenters. The smallest absolute Gasteiger partial charge is 0.250 e. The van der Waals surface area contributed by atoms with Crippen LogP contribution in [0, 0.1) is 33.8 Å². The summed E-state index contributed by atoms with van der Waals surface area (Å²) >= 11 is 0. The van der Waals surface area contributed by atoms with Crippen LogP contribution in [0.5, 0.6) is 0 Å². The van der Waals surface area contributed by atoms with Crippen molar-refractivity contribution in [1.82, 2.24) is 4.57 Å². The number of pyridine rings is 1. The van der Waals surface area contributed by atoms with Crippen molar-refractivity contribution in [2.75, 3.05) is 23.2 Å². The minimum absolute atomic E-state index is 0.0115. The summed E-state index contributed by atoms with van der Waals surface area (Å²) < 4.78 is 1.81. The molecule has 0 spiro atoms. The van der Waals surface area contributed by atoms with Crippen LogP contribution < -0.4 is 15.7 Å². The van der Waals surface area contributed by atoms with Crippen molar-refractivity contribution < 1.29 is 5.21 Å². The molecule has 136 valence electrons. The lowest BCUT2D eigenvalue weighted by molar-refractivity contribution is 0.278. The molecule has 1 saturated heterocycles. The molecule has 0 radical (unpaired) electrons. The Morgan fingerprint density at radius 2 is 1.89 bits per heavy atom. The molecular formula is C19H16N5O3-. The van der Waals surface area contributed by atoms with Crippen LogP contribution in [-0.2, 0) is 6.54 Å². The molecule has 1 aromatic heterocycles. The second kappa shape index (κ2) is 6.44. The lowest BCUT2D eigenvalue weighted by Crippen LogP contribution is -2.47. The maximum Gasteiger partial charge on any atom is 0.250 e. The lowest BCUT2D eigenvalue weighted by Gasteiger charge is -2.45. The first-order chi connectivity index (χ1) is 13.0. The van der Waals surface area contributed by atoms with Gasteiger partial charge in [-0.3, -0.25) is 10.0 Å². The average molecular weight is 362 g/mol. The third-order valence-corrected chi connectivity index (χ3v) is 5.38. The van der Waals surface area contributed by atoms with Gasteiger partial charge in [0.1, 0.15) is 12.1 Å². The highest BCUT2D eigenvalue weighted by atomic mass is 16.8. The lowest BCUT2D eigenvalue weighted by atomic mass is 9.82. The number of benzene rings is 1. The number of hydrogen-bond acceptors (Lipinski definition) is 7. The van der Waals surface area contributed by atoms with Gasteiger partial charge in [-0.2, -0.15) is 10.5 Å². The Morgan fingerprint density at radius 3 is 2.59 bits per heavy atom. The molecule has 8 nitrogen and oxygen atoms in total. The van der Waals surface area contributed by atoms with Crippen LogP contribution >= 0.6 is 0 Å². The van der Waals surface area contributed by atoms with Gasteiger partial charge in [0.15, 0.2) is 0 Å². The monoisotopic (exact) mass is 362 g/mol. The van der Waals surface area contributed by atoms with Gasteiger partial charge in [0.05, 0.1) is 22.5 Å². The Bertz CT molecular complexity index is 1050. The van der Waals surface area contributed by atoms with E-state index in [-0.39, 0.29) is 39.4 Å². The van der Waals surface area contributed by atoms with Gasteiger partial charge >= 0.3 is 0 Å². The number of aromatic nitrogens is 1. The van der Waals surface area contributed by atoms with E-state index in [2.05, 4.69) is 0 Å². The third kappa shape index (κ3) is 2.81. The Morgan fingerprint density at radius 1 is 1.15 bits per heavy atom. The summed E-state index contributed by atoms with van der Waals surface area (Å²) in [5.74, 6) is 0.323. The molecule has 2 aromatic rings. The van der Waals surface area contributed by atoms with Gasteiger partial charge in [-0.05, 0) is 30.5 Å². The van der Waals surface area contributed by atoms with E-state index in [9.17, 15) is 25.7 Å². The van der Waals surface area contributed by atoms with E-state index in [0.717, 1.165) is 12.1 Å². The summed E-state index contributed by atoms with van der Waals surface area (Å²) in [5, 5.41) is 39.4. The average Bonchev–Trinajstić information content (AvgIpc) is 2.67. The van der Waals surface area contributed by atoms with Gasteiger partial charge in [-0.1, -0.05) is 6.07 Å². The molecule has 0 saturated carbocycles. The summed E-state index contributed by atoms with van der Waals surface area (Å²) in [6.07, 6.45) is 0.941. The van der Waals surface area contributed by atoms with Crippen molar-refractivity contribution in [3.05, 3.63) is 62.7 Å². The normalized spacial score (nSPS) is 20.4. The van der Waals surface area contributed by atoms with Gasteiger partial charge in [-0.15, -0.1) is 0 Å². The highest BCUT2D eigenvalue weighted by molar-refractivity contribution is 5.76. The summed E-state index contributed by atoms with van der Waals surface area (Å²) in [6.45, 7) is 1.74. The predicted molar refractivity (Wildman–Crippen MR) is 97.3 cm³/mol. The second-order valence-electron chi connectivity index (χ2n) is 6.99. The first kappa shape index (κ1) is 17.1. The Labute approximate surface area is 155 Å². The molecule has 1 fully saturated rings. The van der Waals surface area contributed by atoms with Crippen molar-refractivity contribution in [1.29, 1.82) is 10.5 Å². The van der Waals surface area contributed by atoms with Crippen LogP contribution in [0.4, 0.5) is 11.4 Å². The third-order valence-electron chi connectivity index (χ3n) is 5.38. The fourth-order valence-electron chi connectivity index (χ4n) is 4.26. The second-order valence-corrected chi connectivity index (χ2v) is 6.99. The Balaban J connectivity index is 1.77. The van der Waals surface area contributed by atoms with Gasteiger partial charge < -0.3 is 19.9 Å². The van der Waals surface area contributed by atoms with E-state index in [0.29, 0.717) is 25.3 Å². The maximum atomic E-state index is 12.1. The standard InChI is InChI=1S/C19H16N5O3/c20-7-13-5-17(18(24(26)27)6-14(13)8-21)22-9-12-4-15(11-22)16-2-1-3-19(25)23(16)10-12/h1-3,5-6,12,15,26H,4,9-11H2/q-1. The van der Waals surface area contributed by atoms with E-state index in [4.69, 9.17) is 0 Å². The molecule has 2 aliphatic rings. The summed E-state index contributed by atoms with van der Waals surface area (Å²) in [5.41, 5.74) is 1.51. The fraction of sp³-hybridized carbons (Fsp3) is 0.316. The van der Waals surface area contributed by atoms with Gasteiger partial charge in [0, 0.05) is 37.3 Å². The van der Waals surface area contributed by atoms with Crippen molar-refractivity contribution in [3.8, 4) is 12.1 Å². The number of piperidine rings is 1. The van der Waals surface area contributed by atoms with Gasteiger partial charge in [0.2, 0.25) is 0 Å². The molecule has 27 heavy (non-hydrogen) atoms. The predicted octanol–water partition coefficient (Wildman–Crippen LogP) is 1.91. The van der Waals surface area contributed by atoms with Crippen molar-refractivity contribution in [2.24, 2.45) is 5.92 Å². The molecule has 2 bridgehead atoms. The van der Waals surface area contributed by atoms with E-state index >= 15 is 0 Å². The number of nitriles is 2. The minimum Gasteiger partial charge on any atom is -0.733 e. The van der Waals surface area contributed by atoms with Crippen LogP contribution in [-0.4, -0.2) is 22.9 Å². The van der Waals surface area contributed by atoms with E-state index in [1.54, 1.807) is 12.1 Å². The Hall–Kier alpha value is -3.33. The first-order valence-corrected chi connectivity index (χ1v) is 8.61. The van der Waals surface area contributed by atoms with E-state index in [1.807, 2.05) is 27.7 Å². The summed E-state index contributed by atoms with van der Waals surface area (Å²) in [6, 6.07) is 11.8. The summed E-state index contributed by atoms with van der Waals surface area (Å²) in [7, 11) is 0. The van der Waals surface area contributed by atoms with E-state index in [1.165, 1.54) is 12.1 Å². The molecule has 4 rings (SSSR count). The minimum atomic E-state index is -0.264. The van der Waals surface area contributed by atoms with Crippen LogP contribution in [0.2, 0.25) is 0 Å². The van der Waals surface area contributed by atoms with Crippen molar-refractivity contribution >= 4 is 11.4 Å². The van der Waals surface area contributed by atoms with Crippen LogP contribution in [0.15, 0.2) is 35.1 Å². The van der Waals surface area contributed by atoms with Crippen molar-refractivity contribution in [2.45, 2.75) is 18.9 Å². The highest BCUT2D eigenvalue weighted by Crippen LogP contribution is 2.40. The van der Waals surface area contributed by atoms with Gasteiger partial charge in [-0.25, -0.2) is 0 Å². The molecule has 1 aromatic carbocycles. The molecule has 0 aliphatic carbocycles. The van der Waals surface area contributed by atoms with Crippen molar-refractivity contribution in [3.63, 3.8) is 0 Å². The topological polar surface area (TPSA) is 119 Å². The largest absolute Gasteiger partial charge is 0.733 e. The maximum absolute atomic E-state index is 12.1. The highest BCUT2D eigenvalue weighted by Gasteiger charge is 2.35. The molecule has 8 heteroatoms. The molecular weight excluding hydrogens is 346 g/mol. The molecule has 1 N–H and O–H groups in total. The van der Waals surface area contributed by atoms with Crippen LogP contribution in [0.1, 0.15) is 29.2 Å². The SMILES string of the molecule is N#Cc1cc(N([O-])O)c(N2CC3CC(C2)c2cccc(=O)n2C3)cc1C#N. The molecule has 0 amide bonds. The molecule has 3 heterocycles. The fourth-order valence-corrected chi connectivity index (χ4v) is 4.26.